The Morgan fingerprint density at radius 1 is 0.917 bits per heavy atom. The Labute approximate surface area is 145 Å². The summed E-state index contributed by atoms with van der Waals surface area (Å²) in [6.07, 6.45) is 1.57. The van der Waals surface area contributed by atoms with Crippen LogP contribution in [0.4, 0.5) is 8.78 Å². The number of nitrogens with zero attached hydrogens (tertiary/aromatic N) is 2. The molecule has 0 aliphatic rings. The molecule has 0 radical (unpaired) electrons. The minimum absolute atomic E-state index is 0.138. The molecule has 0 saturated carbocycles. The normalized spacial score (nSPS) is 11.1. The Hall–Kier alpha value is -2.37. The Bertz CT molecular complexity index is 1060. The summed E-state index contributed by atoms with van der Waals surface area (Å²) in [6.45, 7) is 0. The third kappa shape index (κ3) is 2.56. The van der Waals surface area contributed by atoms with Crippen LogP contribution in [0.1, 0.15) is 0 Å². The second kappa shape index (κ2) is 5.92. The first-order chi connectivity index (χ1) is 11.6. The van der Waals surface area contributed by atoms with E-state index in [-0.39, 0.29) is 10.6 Å². The van der Waals surface area contributed by atoms with E-state index in [0.29, 0.717) is 5.69 Å². The highest BCUT2D eigenvalue weighted by molar-refractivity contribution is 7.16. The summed E-state index contributed by atoms with van der Waals surface area (Å²) in [5.74, 6) is -1.49. The fourth-order valence-electron chi connectivity index (χ4n) is 2.58. The summed E-state index contributed by atoms with van der Waals surface area (Å²) in [5, 5.41) is -0.138. The maximum absolute atomic E-state index is 14.3. The molecule has 0 unspecified atom stereocenters. The number of pyridine rings is 1. The predicted molar refractivity (Wildman–Crippen MR) is 93.2 cm³/mol. The van der Waals surface area contributed by atoms with Gasteiger partial charge in [-0.2, -0.15) is 0 Å². The van der Waals surface area contributed by atoms with Crippen molar-refractivity contribution in [1.29, 1.82) is 0 Å². The van der Waals surface area contributed by atoms with E-state index >= 15 is 0 Å². The number of hydrogen-bond donors (Lipinski definition) is 0. The van der Waals surface area contributed by atoms with Gasteiger partial charge in [0.1, 0.15) is 11.6 Å². The van der Waals surface area contributed by atoms with Gasteiger partial charge in [-0.15, -0.1) is 11.3 Å². The molecule has 0 amide bonds. The van der Waals surface area contributed by atoms with E-state index in [0.717, 1.165) is 27.4 Å². The van der Waals surface area contributed by atoms with Crippen molar-refractivity contribution in [1.82, 2.24) is 9.97 Å². The van der Waals surface area contributed by atoms with Gasteiger partial charge in [0.25, 0.3) is 0 Å². The second-order valence-electron chi connectivity index (χ2n) is 5.18. The van der Waals surface area contributed by atoms with Crippen LogP contribution in [-0.2, 0) is 0 Å². The number of rotatable bonds is 2. The van der Waals surface area contributed by atoms with Crippen LogP contribution in [0.25, 0.3) is 32.6 Å². The standard InChI is InChI=1S/C18H9ClF2N2S/c19-13-7-12(14(20)8-15(13)21)18-11(2-1-5-22-18)10-3-4-16-17(6-10)24-9-23-16/h1-9H. The molecule has 2 aromatic carbocycles. The molecular weight excluding hydrogens is 350 g/mol. The lowest BCUT2D eigenvalue weighted by Crippen LogP contribution is -1.93. The van der Waals surface area contributed by atoms with Gasteiger partial charge in [0.05, 0.1) is 26.4 Å². The average Bonchev–Trinajstić information content (AvgIpc) is 3.06. The zero-order valence-corrected chi connectivity index (χ0v) is 13.7. The van der Waals surface area contributed by atoms with Crippen molar-refractivity contribution in [2.24, 2.45) is 0 Å². The third-order valence-electron chi connectivity index (χ3n) is 3.72. The first kappa shape index (κ1) is 15.2. The van der Waals surface area contributed by atoms with Gasteiger partial charge in [0.15, 0.2) is 0 Å². The van der Waals surface area contributed by atoms with E-state index in [1.54, 1.807) is 17.8 Å². The van der Waals surface area contributed by atoms with Crippen molar-refractivity contribution in [2.75, 3.05) is 0 Å². The van der Waals surface area contributed by atoms with Crippen LogP contribution in [0.3, 0.4) is 0 Å². The Balaban J connectivity index is 1.94. The van der Waals surface area contributed by atoms with E-state index in [2.05, 4.69) is 9.97 Å². The minimum atomic E-state index is -0.790. The number of halogens is 3. The van der Waals surface area contributed by atoms with Crippen LogP contribution in [-0.4, -0.2) is 9.97 Å². The number of aromatic nitrogens is 2. The summed E-state index contributed by atoms with van der Waals surface area (Å²) in [4.78, 5) is 8.54. The van der Waals surface area contributed by atoms with Gasteiger partial charge < -0.3 is 0 Å². The number of benzene rings is 2. The van der Waals surface area contributed by atoms with E-state index in [4.69, 9.17) is 11.6 Å². The molecule has 0 N–H and O–H groups in total. The van der Waals surface area contributed by atoms with Gasteiger partial charge in [-0.1, -0.05) is 23.7 Å². The van der Waals surface area contributed by atoms with Crippen LogP contribution in [0.5, 0.6) is 0 Å². The van der Waals surface area contributed by atoms with Crippen LogP contribution in [0.2, 0.25) is 5.02 Å². The summed E-state index contributed by atoms with van der Waals surface area (Å²) in [6, 6.07) is 11.5. The van der Waals surface area contributed by atoms with Gasteiger partial charge in [0.2, 0.25) is 0 Å². The molecule has 24 heavy (non-hydrogen) atoms. The molecular formula is C18H9ClF2N2S. The maximum atomic E-state index is 14.3. The maximum Gasteiger partial charge on any atom is 0.144 e. The molecule has 4 aromatic rings. The molecule has 0 spiro atoms. The Morgan fingerprint density at radius 2 is 1.79 bits per heavy atom. The number of thiazole rings is 1. The first-order valence-electron chi connectivity index (χ1n) is 7.07. The molecule has 2 aromatic heterocycles. The lowest BCUT2D eigenvalue weighted by molar-refractivity contribution is 0.585. The van der Waals surface area contributed by atoms with Gasteiger partial charge in [-0.05, 0) is 29.8 Å². The first-order valence-corrected chi connectivity index (χ1v) is 8.33. The lowest BCUT2D eigenvalue weighted by atomic mass is 9.99. The molecule has 2 heterocycles. The second-order valence-corrected chi connectivity index (χ2v) is 6.47. The molecule has 0 bridgehead atoms. The molecule has 118 valence electrons. The fraction of sp³-hybridized carbons (Fsp3) is 0. The monoisotopic (exact) mass is 358 g/mol. The highest BCUT2D eigenvalue weighted by Crippen LogP contribution is 2.35. The highest BCUT2D eigenvalue weighted by Gasteiger charge is 2.16. The van der Waals surface area contributed by atoms with Crippen molar-refractivity contribution in [3.8, 4) is 22.4 Å². The van der Waals surface area contributed by atoms with Crippen molar-refractivity contribution in [2.45, 2.75) is 0 Å². The van der Waals surface area contributed by atoms with Crippen molar-refractivity contribution < 1.29 is 8.78 Å². The molecule has 0 fully saturated rings. The van der Waals surface area contributed by atoms with Crippen LogP contribution < -0.4 is 0 Å². The molecule has 0 saturated heterocycles. The summed E-state index contributed by atoms with van der Waals surface area (Å²) in [5.41, 5.74) is 4.90. The average molecular weight is 359 g/mol. The van der Waals surface area contributed by atoms with Crippen LogP contribution in [0, 0.1) is 11.6 Å². The van der Waals surface area contributed by atoms with E-state index in [9.17, 15) is 8.78 Å². The molecule has 0 aliphatic carbocycles. The quantitative estimate of drug-likeness (QED) is 0.413. The van der Waals surface area contributed by atoms with Gasteiger partial charge in [-0.25, -0.2) is 13.8 Å². The van der Waals surface area contributed by atoms with Gasteiger partial charge in [0, 0.05) is 23.4 Å². The van der Waals surface area contributed by atoms with E-state index < -0.39 is 11.6 Å². The highest BCUT2D eigenvalue weighted by atomic mass is 35.5. The third-order valence-corrected chi connectivity index (χ3v) is 4.80. The number of hydrogen-bond acceptors (Lipinski definition) is 3. The molecule has 6 heteroatoms. The minimum Gasteiger partial charge on any atom is -0.255 e. The molecule has 2 nitrogen and oxygen atoms in total. The Morgan fingerprint density at radius 3 is 2.67 bits per heavy atom. The van der Waals surface area contributed by atoms with Crippen molar-refractivity contribution in [3.63, 3.8) is 0 Å². The largest absolute Gasteiger partial charge is 0.255 e. The van der Waals surface area contributed by atoms with Gasteiger partial charge >= 0.3 is 0 Å². The SMILES string of the molecule is Fc1cc(F)c(-c2ncccc2-c2ccc3ncsc3c2)cc1Cl. The van der Waals surface area contributed by atoms with Crippen molar-refractivity contribution in [3.05, 3.63) is 70.8 Å². The fourth-order valence-corrected chi connectivity index (χ4v) is 3.46. The molecule has 0 aliphatic heterocycles. The van der Waals surface area contributed by atoms with Crippen LogP contribution >= 0.6 is 22.9 Å². The topological polar surface area (TPSA) is 25.8 Å². The lowest BCUT2D eigenvalue weighted by Gasteiger charge is -2.10. The number of fused-ring (bicyclic) bond motifs is 1. The predicted octanol–water partition coefficient (Wildman–Crippen LogP) is 5.96. The van der Waals surface area contributed by atoms with Crippen LogP contribution in [0.15, 0.2) is 54.2 Å². The van der Waals surface area contributed by atoms with E-state index in [1.807, 2.05) is 24.3 Å². The summed E-state index contributed by atoms with van der Waals surface area (Å²) < 4.78 is 28.7. The zero-order valence-electron chi connectivity index (χ0n) is 12.1. The molecule has 0 atom stereocenters. The van der Waals surface area contributed by atoms with Crippen molar-refractivity contribution >= 4 is 33.2 Å². The Kier molecular flexibility index (Phi) is 3.75. The summed E-state index contributed by atoms with van der Waals surface area (Å²) >= 11 is 7.35. The molecule has 4 rings (SSSR count). The zero-order chi connectivity index (χ0) is 16.7. The smallest absolute Gasteiger partial charge is 0.144 e. The van der Waals surface area contributed by atoms with E-state index in [1.165, 1.54) is 17.4 Å². The summed E-state index contributed by atoms with van der Waals surface area (Å²) in [7, 11) is 0. The van der Waals surface area contributed by atoms with Gasteiger partial charge in [-0.3, -0.25) is 4.98 Å².